The molecule has 0 unspecified atom stereocenters. The predicted molar refractivity (Wildman–Crippen MR) is 59.1 cm³/mol. The molecule has 1 heterocycles. The summed E-state index contributed by atoms with van der Waals surface area (Å²) in [5.41, 5.74) is 9.34. The quantitative estimate of drug-likeness (QED) is 0.691. The molecule has 0 bridgehead atoms. The minimum absolute atomic E-state index is 0.0894. The van der Waals surface area contributed by atoms with E-state index < -0.39 is 0 Å². The Kier molecular flexibility index (Phi) is 2.43. The SMILES string of the molecule is Cc1ccccc1-c1c(N)n[nH]c1CO. The fraction of sp³-hybridized carbons (Fsp3) is 0.182. The number of aliphatic hydroxyl groups excluding tert-OH is 1. The van der Waals surface area contributed by atoms with E-state index in [1.165, 1.54) is 0 Å². The number of benzene rings is 1. The normalized spacial score (nSPS) is 10.5. The van der Waals surface area contributed by atoms with Crippen molar-refractivity contribution in [2.75, 3.05) is 5.73 Å². The highest BCUT2D eigenvalue weighted by molar-refractivity contribution is 5.78. The van der Waals surface area contributed by atoms with Crippen molar-refractivity contribution in [2.24, 2.45) is 0 Å². The second kappa shape index (κ2) is 3.74. The number of nitrogens with two attached hydrogens (primary N) is 1. The number of rotatable bonds is 2. The van der Waals surface area contributed by atoms with Crippen LogP contribution in [-0.4, -0.2) is 15.3 Å². The average molecular weight is 203 g/mol. The molecule has 0 aliphatic heterocycles. The summed E-state index contributed by atoms with van der Waals surface area (Å²) in [7, 11) is 0. The van der Waals surface area contributed by atoms with Crippen LogP contribution in [-0.2, 0) is 6.61 Å². The van der Waals surface area contributed by atoms with Gasteiger partial charge in [0.25, 0.3) is 0 Å². The van der Waals surface area contributed by atoms with Gasteiger partial charge in [0.05, 0.1) is 12.3 Å². The second-order valence-electron chi connectivity index (χ2n) is 3.44. The van der Waals surface area contributed by atoms with Gasteiger partial charge in [-0.05, 0) is 18.1 Å². The van der Waals surface area contributed by atoms with Crippen LogP contribution in [0.15, 0.2) is 24.3 Å². The van der Waals surface area contributed by atoms with Crippen LogP contribution in [0.5, 0.6) is 0 Å². The van der Waals surface area contributed by atoms with Gasteiger partial charge in [-0.3, -0.25) is 5.10 Å². The molecule has 0 amide bonds. The topological polar surface area (TPSA) is 74.9 Å². The lowest BCUT2D eigenvalue weighted by Gasteiger charge is -2.05. The third-order valence-corrected chi connectivity index (χ3v) is 2.44. The van der Waals surface area contributed by atoms with E-state index in [9.17, 15) is 0 Å². The van der Waals surface area contributed by atoms with Gasteiger partial charge in [-0.25, -0.2) is 0 Å². The van der Waals surface area contributed by atoms with E-state index in [-0.39, 0.29) is 6.61 Å². The summed E-state index contributed by atoms with van der Waals surface area (Å²) in [6, 6.07) is 7.88. The van der Waals surface area contributed by atoms with Gasteiger partial charge in [0.2, 0.25) is 0 Å². The third kappa shape index (κ3) is 1.59. The van der Waals surface area contributed by atoms with Gasteiger partial charge in [0, 0.05) is 5.56 Å². The molecule has 0 fully saturated rings. The zero-order valence-electron chi connectivity index (χ0n) is 8.49. The van der Waals surface area contributed by atoms with Crippen molar-refractivity contribution in [3.8, 4) is 11.1 Å². The smallest absolute Gasteiger partial charge is 0.153 e. The lowest BCUT2D eigenvalue weighted by atomic mass is 10.0. The number of nitrogens with one attached hydrogen (secondary N) is 1. The zero-order valence-corrected chi connectivity index (χ0v) is 8.49. The lowest BCUT2D eigenvalue weighted by Crippen LogP contribution is -1.92. The van der Waals surface area contributed by atoms with Crippen molar-refractivity contribution in [3.63, 3.8) is 0 Å². The Bertz CT molecular complexity index is 476. The fourth-order valence-corrected chi connectivity index (χ4v) is 1.66. The summed E-state index contributed by atoms with van der Waals surface area (Å²) < 4.78 is 0. The monoisotopic (exact) mass is 203 g/mol. The minimum atomic E-state index is -0.0894. The Hall–Kier alpha value is -1.81. The molecule has 4 heteroatoms. The summed E-state index contributed by atoms with van der Waals surface area (Å²) in [6.45, 7) is 1.91. The first-order valence-electron chi connectivity index (χ1n) is 4.73. The third-order valence-electron chi connectivity index (χ3n) is 2.44. The first-order valence-corrected chi connectivity index (χ1v) is 4.73. The highest BCUT2D eigenvalue weighted by atomic mass is 16.3. The number of H-pyrrole nitrogens is 1. The Morgan fingerprint density at radius 1 is 1.40 bits per heavy atom. The maximum atomic E-state index is 9.16. The number of hydrogen-bond acceptors (Lipinski definition) is 3. The molecule has 0 radical (unpaired) electrons. The van der Waals surface area contributed by atoms with E-state index >= 15 is 0 Å². The van der Waals surface area contributed by atoms with E-state index in [2.05, 4.69) is 10.2 Å². The van der Waals surface area contributed by atoms with Crippen molar-refractivity contribution in [1.82, 2.24) is 10.2 Å². The van der Waals surface area contributed by atoms with E-state index in [4.69, 9.17) is 10.8 Å². The molecular weight excluding hydrogens is 190 g/mol. The van der Waals surface area contributed by atoms with Gasteiger partial charge in [0.1, 0.15) is 0 Å². The molecule has 1 aromatic carbocycles. The number of aromatic nitrogens is 2. The largest absolute Gasteiger partial charge is 0.390 e. The maximum Gasteiger partial charge on any atom is 0.153 e. The molecule has 0 saturated heterocycles. The van der Waals surface area contributed by atoms with Crippen LogP contribution in [0.3, 0.4) is 0 Å². The Morgan fingerprint density at radius 3 is 2.80 bits per heavy atom. The molecule has 2 rings (SSSR count). The molecule has 4 nitrogen and oxygen atoms in total. The number of anilines is 1. The van der Waals surface area contributed by atoms with Crippen LogP contribution in [0.2, 0.25) is 0 Å². The summed E-state index contributed by atoms with van der Waals surface area (Å²) in [4.78, 5) is 0. The number of hydrogen-bond donors (Lipinski definition) is 3. The van der Waals surface area contributed by atoms with E-state index in [1.807, 2.05) is 31.2 Å². The van der Waals surface area contributed by atoms with Crippen LogP contribution >= 0.6 is 0 Å². The predicted octanol–water partition coefficient (Wildman–Crippen LogP) is 1.46. The number of nitrogens with zero attached hydrogens (tertiary/aromatic N) is 1. The molecule has 1 aromatic heterocycles. The standard InChI is InChI=1S/C11H13N3O/c1-7-4-2-3-5-8(7)10-9(6-15)13-14-11(10)12/h2-5,15H,6H2,1H3,(H3,12,13,14). The first-order chi connectivity index (χ1) is 7.24. The van der Waals surface area contributed by atoms with Crippen LogP contribution in [0.1, 0.15) is 11.3 Å². The summed E-state index contributed by atoms with van der Waals surface area (Å²) in [6.07, 6.45) is 0. The zero-order chi connectivity index (χ0) is 10.8. The highest BCUT2D eigenvalue weighted by Crippen LogP contribution is 2.30. The van der Waals surface area contributed by atoms with Gasteiger partial charge in [-0.1, -0.05) is 24.3 Å². The molecule has 0 spiro atoms. The fourth-order valence-electron chi connectivity index (χ4n) is 1.66. The van der Waals surface area contributed by atoms with Crippen molar-refractivity contribution < 1.29 is 5.11 Å². The maximum absolute atomic E-state index is 9.16. The summed E-state index contributed by atoms with van der Waals surface area (Å²) in [5.74, 6) is 0.424. The van der Waals surface area contributed by atoms with Gasteiger partial charge in [-0.2, -0.15) is 5.10 Å². The van der Waals surface area contributed by atoms with Gasteiger partial charge < -0.3 is 10.8 Å². The van der Waals surface area contributed by atoms with Crippen molar-refractivity contribution >= 4 is 5.82 Å². The van der Waals surface area contributed by atoms with Crippen LogP contribution in [0, 0.1) is 6.92 Å². The molecule has 78 valence electrons. The average Bonchev–Trinajstić information content (AvgIpc) is 2.60. The number of aliphatic hydroxyl groups is 1. The van der Waals surface area contributed by atoms with Gasteiger partial charge in [0.15, 0.2) is 5.82 Å². The number of nitrogen functional groups attached to an aromatic ring is 1. The van der Waals surface area contributed by atoms with Crippen molar-refractivity contribution in [3.05, 3.63) is 35.5 Å². The molecule has 4 N–H and O–H groups in total. The Morgan fingerprint density at radius 2 is 2.13 bits per heavy atom. The highest BCUT2D eigenvalue weighted by Gasteiger charge is 2.13. The van der Waals surface area contributed by atoms with E-state index in [0.29, 0.717) is 11.5 Å². The van der Waals surface area contributed by atoms with E-state index in [1.54, 1.807) is 0 Å². The summed E-state index contributed by atoms with van der Waals surface area (Å²) >= 11 is 0. The Balaban J connectivity index is 2.63. The molecule has 0 saturated carbocycles. The molecular formula is C11H13N3O. The number of aryl methyl sites for hydroxylation is 1. The number of aromatic amines is 1. The molecule has 2 aromatic rings. The first kappa shape index (κ1) is 9.73. The lowest BCUT2D eigenvalue weighted by molar-refractivity contribution is 0.277. The minimum Gasteiger partial charge on any atom is -0.390 e. The van der Waals surface area contributed by atoms with Crippen molar-refractivity contribution in [1.29, 1.82) is 0 Å². The Labute approximate surface area is 87.7 Å². The van der Waals surface area contributed by atoms with Crippen LogP contribution in [0.25, 0.3) is 11.1 Å². The molecule has 15 heavy (non-hydrogen) atoms. The van der Waals surface area contributed by atoms with Gasteiger partial charge in [-0.15, -0.1) is 0 Å². The summed E-state index contributed by atoms with van der Waals surface area (Å²) in [5, 5.41) is 15.8. The van der Waals surface area contributed by atoms with Crippen molar-refractivity contribution in [2.45, 2.75) is 13.5 Å². The second-order valence-corrected chi connectivity index (χ2v) is 3.44. The molecule has 0 aliphatic carbocycles. The van der Waals surface area contributed by atoms with Crippen LogP contribution < -0.4 is 5.73 Å². The van der Waals surface area contributed by atoms with Gasteiger partial charge >= 0.3 is 0 Å². The van der Waals surface area contributed by atoms with Crippen LogP contribution in [0.4, 0.5) is 5.82 Å². The molecule has 0 atom stereocenters. The van der Waals surface area contributed by atoms with E-state index in [0.717, 1.165) is 16.7 Å². The molecule has 0 aliphatic rings.